The summed E-state index contributed by atoms with van der Waals surface area (Å²) >= 11 is 1.30. The standard InChI is InChI=1S/C30H41NO5S2/c1-8-30(9-2,23-14-15-25(20(3)16-23)36-19-26(33)29(5,6)7)27-17-21(4)28(37-27)38(34,35)31-24-13-11-10-12-22(24)18-32/h10-17,26,31-33H,8-9,18-19H2,1-7H3. The Kier molecular flexibility index (Phi) is 9.35. The molecule has 0 radical (unpaired) electrons. The highest BCUT2D eigenvalue weighted by Crippen LogP contribution is 2.45. The van der Waals surface area contributed by atoms with E-state index in [9.17, 15) is 18.6 Å². The van der Waals surface area contributed by atoms with Crippen molar-refractivity contribution in [2.45, 2.75) is 83.6 Å². The summed E-state index contributed by atoms with van der Waals surface area (Å²) in [5.74, 6) is 0.732. The Labute approximate surface area is 231 Å². The Bertz CT molecular complexity index is 1350. The first-order chi connectivity index (χ1) is 17.8. The molecule has 1 aromatic heterocycles. The third-order valence-corrected chi connectivity index (χ3v) is 10.8. The number of hydrogen-bond donors (Lipinski definition) is 3. The Hall–Kier alpha value is -2.39. The van der Waals surface area contributed by atoms with Gasteiger partial charge in [-0.15, -0.1) is 11.3 Å². The topological polar surface area (TPSA) is 95.9 Å². The summed E-state index contributed by atoms with van der Waals surface area (Å²) in [5, 5.41) is 20.0. The van der Waals surface area contributed by atoms with Gasteiger partial charge in [-0.05, 0) is 67.0 Å². The van der Waals surface area contributed by atoms with E-state index in [2.05, 4.69) is 30.7 Å². The van der Waals surface area contributed by atoms with E-state index in [1.807, 2.05) is 46.8 Å². The largest absolute Gasteiger partial charge is 0.491 e. The van der Waals surface area contributed by atoms with Crippen molar-refractivity contribution in [2.75, 3.05) is 11.3 Å². The molecule has 0 saturated carbocycles. The number of rotatable bonds is 11. The van der Waals surface area contributed by atoms with Crippen LogP contribution in [-0.2, 0) is 22.0 Å². The Morgan fingerprint density at radius 1 is 1.00 bits per heavy atom. The van der Waals surface area contributed by atoms with Crippen LogP contribution in [0.5, 0.6) is 5.75 Å². The van der Waals surface area contributed by atoms with Crippen LogP contribution in [-0.4, -0.2) is 31.3 Å². The maximum Gasteiger partial charge on any atom is 0.271 e. The molecule has 0 aliphatic heterocycles. The summed E-state index contributed by atoms with van der Waals surface area (Å²) in [5.41, 5.74) is 3.04. The van der Waals surface area contributed by atoms with Gasteiger partial charge in [0.15, 0.2) is 0 Å². The lowest BCUT2D eigenvalue weighted by Gasteiger charge is -2.32. The molecule has 0 fully saturated rings. The minimum atomic E-state index is -3.84. The van der Waals surface area contributed by atoms with Crippen molar-refractivity contribution in [3.63, 3.8) is 0 Å². The molecule has 208 valence electrons. The molecule has 0 amide bonds. The minimum Gasteiger partial charge on any atom is -0.491 e. The number of aliphatic hydroxyl groups is 2. The molecule has 38 heavy (non-hydrogen) atoms. The number of anilines is 1. The molecule has 3 aromatic rings. The zero-order valence-electron chi connectivity index (χ0n) is 23.5. The van der Waals surface area contributed by atoms with Crippen molar-refractivity contribution in [3.8, 4) is 5.75 Å². The lowest BCUT2D eigenvalue weighted by molar-refractivity contribution is 0.0216. The molecule has 0 saturated heterocycles. The number of sulfonamides is 1. The van der Waals surface area contributed by atoms with Gasteiger partial charge in [0.1, 0.15) is 16.6 Å². The Morgan fingerprint density at radius 3 is 2.24 bits per heavy atom. The molecule has 1 heterocycles. The predicted molar refractivity (Wildman–Crippen MR) is 156 cm³/mol. The van der Waals surface area contributed by atoms with Crippen LogP contribution in [0.4, 0.5) is 5.69 Å². The monoisotopic (exact) mass is 559 g/mol. The zero-order chi connectivity index (χ0) is 28.3. The molecular formula is C30H41NO5S2. The highest BCUT2D eigenvalue weighted by molar-refractivity contribution is 7.94. The van der Waals surface area contributed by atoms with Crippen LogP contribution < -0.4 is 9.46 Å². The van der Waals surface area contributed by atoms with E-state index in [0.717, 1.165) is 34.6 Å². The van der Waals surface area contributed by atoms with Crippen molar-refractivity contribution in [1.82, 2.24) is 0 Å². The van der Waals surface area contributed by atoms with E-state index < -0.39 is 16.1 Å². The molecule has 3 N–H and O–H groups in total. The molecule has 0 bridgehead atoms. The molecule has 0 aliphatic rings. The van der Waals surface area contributed by atoms with Gasteiger partial charge < -0.3 is 14.9 Å². The van der Waals surface area contributed by atoms with Gasteiger partial charge in [0.2, 0.25) is 0 Å². The van der Waals surface area contributed by atoms with Crippen molar-refractivity contribution in [3.05, 3.63) is 75.7 Å². The van der Waals surface area contributed by atoms with Gasteiger partial charge in [-0.3, -0.25) is 4.72 Å². The van der Waals surface area contributed by atoms with Crippen LogP contribution in [0.1, 0.15) is 74.6 Å². The third-order valence-electron chi connectivity index (χ3n) is 7.35. The third kappa shape index (κ3) is 6.25. The molecule has 3 rings (SSSR count). The van der Waals surface area contributed by atoms with Gasteiger partial charge in [0.05, 0.1) is 18.4 Å². The van der Waals surface area contributed by atoms with Gasteiger partial charge in [0.25, 0.3) is 10.0 Å². The van der Waals surface area contributed by atoms with Crippen LogP contribution >= 0.6 is 11.3 Å². The second-order valence-corrected chi connectivity index (χ2v) is 13.9. The van der Waals surface area contributed by atoms with E-state index in [0.29, 0.717) is 16.8 Å². The van der Waals surface area contributed by atoms with Gasteiger partial charge in [0, 0.05) is 15.9 Å². The highest BCUT2D eigenvalue weighted by Gasteiger charge is 2.35. The van der Waals surface area contributed by atoms with Crippen LogP contribution in [0.25, 0.3) is 0 Å². The summed E-state index contributed by atoms with van der Waals surface area (Å²) < 4.78 is 35.7. The van der Waals surface area contributed by atoms with Crippen molar-refractivity contribution >= 4 is 27.0 Å². The van der Waals surface area contributed by atoms with Crippen LogP contribution in [0.15, 0.2) is 52.7 Å². The van der Waals surface area contributed by atoms with Gasteiger partial charge >= 0.3 is 0 Å². The van der Waals surface area contributed by atoms with E-state index in [1.54, 1.807) is 24.3 Å². The number of aryl methyl sites for hydroxylation is 2. The number of nitrogens with one attached hydrogen (secondary N) is 1. The SMILES string of the molecule is CCC(CC)(c1ccc(OCC(O)C(C)(C)C)c(C)c1)c1cc(C)c(S(=O)(=O)Nc2ccccc2CO)s1. The summed E-state index contributed by atoms with van der Waals surface area (Å²) in [6, 6.07) is 15.0. The normalized spacial score (nSPS) is 13.4. The molecule has 2 aromatic carbocycles. The fourth-order valence-electron chi connectivity index (χ4n) is 4.59. The molecule has 1 atom stereocenters. The van der Waals surface area contributed by atoms with Crippen LogP contribution in [0.3, 0.4) is 0 Å². The Morgan fingerprint density at radius 2 is 1.66 bits per heavy atom. The fraction of sp³-hybridized carbons (Fsp3) is 0.467. The summed E-state index contributed by atoms with van der Waals surface area (Å²) in [6.07, 6.45) is 1.01. The number of ether oxygens (including phenoxy) is 1. The van der Waals surface area contributed by atoms with Crippen molar-refractivity contribution < 1.29 is 23.4 Å². The average molecular weight is 560 g/mol. The number of thiophene rings is 1. The van der Waals surface area contributed by atoms with Gasteiger partial charge in [-0.2, -0.15) is 0 Å². The second kappa shape index (κ2) is 11.8. The minimum absolute atomic E-state index is 0.216. The Balaban J connectivity index is 1.96. The smallest absolute Gasteiger partial charge is 0.271 e. The highest BCUT2D eigenvalue weighted by atomic mass is 32.2. The predicted octanol–water partition coefficient (Wildman–Crippen LogP) is 6.55. The van der Waals surface area contributed by atoms with E-state index in [4.69, 9.17) is 4.74 Å². The number of hydrogen-bond acceptors (Lipinski definition) is 6. The molecular weight excluding hydrogens is 518 g/mol. The number of benzene rings is 2. The molecule has 0 spiro atoms. The van der Waals surface area contributed by atoms with E-state index in [1.165, 1.54) is 11.3 Å². The summed E-state index contributed by atoms with van der Waals surface area (Å²) in [7, 11) is -3.84. The average Bonchev–Trinajstić information content (AvgIpc) is 3.27. The van der Waals surface area contributed by atoms with Crippen LogP contribution in [0, 0.1) is 19.3 Å². The summed E-state index contributed by atoms with van der Waals surface area (Å²) in [6.45, 7) is 14.0. The quantitative estimate of drug-likeness (QED) is 0.248. The molecule has 0 aliphatic carbocycles. The lowest BCUT2D eigenvalue weighted by Crippen LogP contribution is -2.32. The molecule has 1 unspecified atom stereocenters. The first-order valence-corrected chi connectivity index (χ1v) is 15.3. The van der Waals surface area contributed by atoms with E-state index in [-0.39, 0.29) is 28.3 Å². The number of para-hydroxylation sites is 1. The van der Waals surface area contributed by atoms with Crippen molar-refractivity contribution in [2.24, 2.45) is 5.41 Å². The fourth-order valence-corrected chi connectivity index (χ4v) is 7.75. The molecule has 8 heteroatoms. The second-order valence-electron chi connectivity index (χ2n) is 11.0. The van der Waals surface area contributed by atoms with Crippen LogP contribution in [0.2, 0.25) is 0 Å². The first-order valence-electron chi connectivity index (χ1n) is 13.0. The van der Waals surface area contributed by atoms with Crippen molar-refractivity contribution in [1.29, 1.82) is 0 Å². The first kappa shape index (κ1) is 30.2. The number of aliphatic hydroxyl groups excluding tert-OH is 2. The van der Waals surface area contributed by atoms with Gasteiger partial charge in [-0.1, -0.05) is 65.0 Å². The molecule has 6 nitrogen and oxygen atoms in total. The van der Waals surface area contributed by atoms with E-state index >= 15 is 0 Å². The maximum absolute atomic E-state index is 13.4. The summed E-state index contributed by atoms with van der Waals surface area (Å²) in [4.78, 5) is 0.993. The maximum atomic E-state index is 13.4. The lowest BCUT2D eigenvalue weighted by atomic mass is 9.74. The zero-order valence-corrected chi connectivity index (χ0v) is 25.1. The van der Waals surface area contributed by atoms with Gasteiger partial charge in [-0.25, -0.2) is 8.42 Å².